The number of oxime groups is 1. The van der Waals surface area contributed by atoms with E-state index < -0.39 is 0 Å². The molecule has 3 nitrogen and oxygen atoms in total. The van der Waals surface area contributed by atoms with Gasteiger partial charge in [0, 0.05) is 19.0 Å². The number of fused-ring (bicyclic) bond motifs is 3. The molecule has 3 heteroatoms. The Morgan fingerprint density at radius 3 is 2.53 bits per heavy atom. The van der Waals surface area contributed by atoms with Gasteiger partial charge in [-0.2, -0.15) is 0 Å². The molecule has 2 bridgehead atoms. The van der Waals surface area contributed by atoms with Crippen molar-refractivity contribution in [1.29, 1.82) is 0 Å². The standard InChI is InChI=1S/C14H16N2O/c17-15-14-12-6-8-16(9-7-12)13(14)10-11-4-2-1-3-5-11/h1-5,10,12,17H,6-9H2/b13-10-,15-14+. The fourth-order valence-electron chi connectivity index (χ4n) is 2.77. The molecule has 3 aliphatic rings. The molecule has 1 aromatic rings. The largest absolute Gasteiger partial charge is 0.411 e. The number of nitrogens with zero attached hydrogens (tertiary/aromatic N) is 2. The summed E-state index contributed by atoms with van der Waals surface area (Å²) in [6, 6.07) is 10.2. The van der Waals surface area contributed by atoms with Crippen molar-refractivity contribution in [3.05, 3.63) is 41.6 Å². The topological polar surface area (TPSA) is 35.8 Å². The lowest BCUT2D eigenvalue weighted by molar-refractivity contribution is 0.229. The molecule has 3 heterocycles. The van der Waals surface area contributed by atoms with Crippen molar-refractivity contribution in [2.24, 2.45) is 11.1 Å². The first-order chi connectivity index (χ1) is 8.38. The Kier molecular flexibility index (Phi) is 2.59. The van der Waals surface area contributed by atoms with Gasteiger partial charge in [-0.1, -0.05) is 35.5 Å². The molecule has 17 heavy (non-hydrogen) atoms. The van der Waals surface area contributed by atoms with E-state index in [1.165, 1.54) is 0 Å². The molecule has 0 amide bonds. The molecule has 0 unspecified atom stereocenters. The summed E-state index contributed by atoms with van der Waals surface area (Å²) < 4.78 is 0. The molecule has 88 valence electrons. The van der Waals surface area contributed by atoms with Gasteiger partial charge in [-0.15, -0.1) is 0 Å². The molecular weight excluding hydrogens is 212 g/mol. The quantitative estimate of drug-likeness (QED) is 0.592. The van der Waals surface area contributed by atoms with Crippen molar-refractivity contribution in [3.8, 4) is 0 Å². The minimum atomic E-state index is 0.444. The maximum absolute atomic E-state index is 9.18. The smallest absolute Gasteiger partial charge is 0.106 e. The molecule has 0 aromatic heterocycles. The second-order valence-corrected chi connectivity index (χ2v) is 4.69. The van der Waals surface area contributed by atoms with Gasteiger partial charge in [0.1, 0.15) is 5.71 Å². The molecule has 0 atom stereocenters. The van der Waals surface area contributed by atoms with E-state index in [1.807, 2.05) is 18.2 Å². The molecule has 1 N–H and O–H groups in total. The normalized spacial score (nSPS) is 24.8. The van der Waals surface area contributed by atoms with Crippen molar-refractivity contribution < 1.29 is 5.21 Å². The van der Waals surface area contributed by atoms with E-state index in [0.717, 1.165) is 42.9 Å². The Bertz CT molecular complexity index is 456. The van der Waals surface area contributed by atoms with Crippen molar-refractivity contribution >= 4 is 11.8 Å². The summed E-state index contributed by atoms with van der Waals surface area (Å²) in [5, 5.41) is 12.7. The van der Waals surface area contributed by atoms with Crippen molar-refractivity contribution in [3.63, 3.8) is 0 Å². The molecule has 4 rings (SSSR count). The lowest BCUT2D eigenvalue weighted by Gasteiger charge is -2.42. The number of piperidine rings is 3. The molecule has 3 fully saturated rings. The summed E-state index contributed by atoms with van der Waals surface area (Å²) in [5.41, 5.74) is 3.13. The zero-order chi connectivity index (χ0) is 11.7. The second kappa shape index (κ2) is 4.24. The fraction of sp³-hybridized carbons (Fsp3) is 0.357. The Morgan fingerprint density at radius 1 is 1.18 bits per heavy atom. The van der Waals surface area contributed by atoms with E-state index in [4.69, 9.17) is 0 Å². The molecule has 0 aliphatic carbocycles. The van der Waals surface area contributed by atoms with Crippen LogP contribution in [0, 0.1) is 5.92 Å². The zero-order valence-corrected chi connectivity index (χ0v) is 9.71. The van der Waals surface area contributed by atoms with E-state index in [2.05, 4.69) is 28.3 Å². The lowest BCUT2D eigenvalue weighted by Crippen LogP contribution is -2.46. The first-order valence-electron chi connectivity index (χ1n) is 6.12. The van der Waals surface area contributed by atoms with Crippen LogP contribution in [0.5, 0.6) is 0 Å². The molecule has 0 radical (unpaired) electrons. The number of benzene rings is 1. The number of rotatable bonds is 1. The second-order valence-electron chi connectivity index (χ2n) is 4.69. The first kappa shape index (κ1) is 10.4. The molecule has 0 spiro atoms. The predicted molar refractivity (Wildman–Crippen MR) is 67.9 cm³/mol. The van der Waals surface area contributed by atoms with Crippen LogP contribution in [0.15, 0.2) is 41.2 Å². The molecule has 3 aliphatic heterocycles. The third kappa shape index (κ3) is 1.82. The minimum absolute atomic E-state index is 0.444. The minimum Gasteiger partial charge on any atom is -0.411 e. The van der Waals surface area contributed by atoms with Crippen LogP contribution >= 0.6 is 0 Å². The predicted octanol–water partition coefficient (Wildman–Crippen LogP) is 2.58. The van der Waals surface area contributed by atoms with Crippen molar-refractivity contribution in [1.82, 2.24) is 4.90 Å². The maximum atomic E-state index is 9.18. The van der Waals surface area contributed by atoms with Crippen molar-refractivity contribution in [2.45, 2.75) is 12.8 Å². The van der Waals surface area contributed by atoms with Gasteiger partial charge in [0.2, 0.25) is 0 Å². The number of allylic oxidation sites excluding steroid dienone is 1. The highest BCUT2D eigenvalue weighted by Crippen LogP contribution is 2.33. The average molecular weight is 228 g/mol. The van der Waals surface area contributed by atoms with Gasteiger partial charge in [0.25, 0.3) is 0 Å². The van der Waals surface area contributed by atoms with Gasteiger partial charge in [-0.25, -0.2) is 0 Å². The van der Waals surface area contributed by atoms with Gasteiger partial charge >= 0.3 is 0 Å². The van der Waals surface area contributed by atoms with Gasteiger partial charge in [0.05, 0.1) is 5.70 Å². The van der Waals surface area contributed by atoms with Crippen LogP contribution in [0.1, 0.15) is 18.4 Å². The van der Waals surface area contributed by atoms with E-state index in [9.17, 15) is 5.21 Å². The summed E-state index contributed by atoms with van der Waals surface area (Å²) in [4.78, 5) is 2.32. The van der Waals surface area contributed by atoms with Crippen LogP contribution in [0.4, 0.5) is 0 Å². The summed E-state index contributed by atoms with van der Waals surface area (Å²) in [6.07, 6.45) is 4.36. The summed E-state index contributed by atoms with van der Waals surface area (Å²) in [6.45, 7) is 2.17. The van der Waals surface area contributed by atoms with Gasteiger partial charge in [-0.3, -0.25) is 0 Å². The van der Waals surface area contributed by atoms with Crippen LogP contribution < -0.4 is 0 Å². The van der Waals surface area contributed by atoms with Crippen LogP contribution in [-0.4, -0.2) is 28.9 Å². The zero-order valence-electron chi connectivity index (χ0n) is 9.71. The fourth-order valence-corrected chi connectivity index (χ4v) is 2.77. The SMILES string of the molecule is O/N=C1/C(=C/c2ccccc2)N2CCC1CC2. The van der Waals surface area contributed by atoms with Crippen molar-refractivity contribution in [2.75, 3.05) is 13.1 Å². The highest BCUT2D eigenvalue weighted by Gasteiger charge is 2.35. The Balaban J connectivity index is 1.99. The lowest BCUT2D eigenvalue weighted by atomic mass is 9.83. The first-order valence-corrected chi connectivity index (χ1v) is 6.12. The molecule has 0 saturated carbocycles. The number of hydrogen-bond donors (Lipinski definition) is 1. The third-order valence-corrected chi connectivity index (χ3v) is 3.70. The summed E-state index contributed by atoms with van der Waals surface area (Å²) >= 11 is 0. The Hall–Kier alpha value is -1.77. The molecule has 1 aromatic carbocycles. The maximum Gasteiger partial charge on any atom is 0.106 e. The molecule has 3 saturated heterocycles. The Labute approximate surface area is 101 Å². The third-order valence-electron chi connectivity index (χ3n) is 3.70. The average Bonchev–Trinajstić information content (AvgIpc) is 2.41. The van der Waals surface area contributed by atoms with Crippen LogP contribution in [0.25, 0.3) is 6.08 Å². The van der Waals surface area contributed by atoms with E-state index in [1.54, 1.807) is 0 Å². The monoisotopic (exact) mass is 228 g/mol. The summed E-state index contributed by atoms with van der Waals surface area (Å²) in [7, 11) is 0. The van der Waals surface area contributed by atoms with Crippen LogP contribution in [0.3, 0.4) is 0 Å². The van der Waals surface area contributed by atoms with Crippen LogP contribution in [-0.2, 0) is 0 Å². The number of hydrogen-bond acceptors (Lipinski definition) is 3. The van der Waals surface area contributed by atoms with Crippen LogP contribution in [0.2, 0.25) is 0 Å². The van der Waals surface area contributed by atoms with Gasteiger partial charge in [0.15, 0.2) is 0 Å². The summed E-state index contributed by atoms with van der Waals surface area (Å²) in [5.74, 6) is 0.444. The van der Waals surface area contributed by atoms with Gasteiger partial charge in [-0.05, 0) is 24.5 Å². The van der Waals surface area contributed by atoms with Gasteiger partial charge < -0.3 is 10.1 Å². The Morgan fingerprint density at radius 2 is 1.88 bits per heavy atom. The van der Waals surface area contributed by atoms with E-state index >= 15 is 0 Å². The highest BCUT2D eigenvalue weighted by atomic mass is 16.4. The van der Waals surface area contributed by atoms with E-state index in [0.29, 0.717) is 5.92 Å². The highest BCUT2D eigenvalue weighted by molar-refractivity contribution is 6.05. The van der Waals surface area contributed by atoms with E-state index in [-0.39, 0.29) is 0 Å². The molecular formula is C14H16N2O.